The minimum absolute atomic E-state index is 0.679. The number of halogens is 1. The van der Waals surface area contributed by atoms with Crippen molar-refractivity contribution in [3.05, 3.63) is 76.0 Å². The van der Waals surface area contributed by atoms with E-state index >= 15 is 0 Å². The standard InChI is InChI=1S/C19H18BrNO/c1-13-3-6-16(7-4-13)21-12-17-8-10-19(22-17)15-5-9-18(20)14(2)11-15/h3-11,21H,12H2,1-2H3. The summed E-state index contributed by atoms with van der Waals surface area (Å²) in [7, 11) is 0. The number of aryl methyl sites for hydroxylation is 2. The Morgan fingerprint density at radius 2 is 1.73 bits per heavy atom. The van der Waals surface area contributed by atoms with Crippen LogP contribution in [0.2, 0.25) is 0 Å². The molecule has 0 aliphatic carbocycles. The van der Waals surface area contributed by atoms with Crippen molar-refractivity contribution < 1.29 is 4.42 Å². The molecule has 0 radical (unpaired) electrons. The first-order valence-electron chi connectivity index (χ1n) is 7.27. The van der Waals surface area contributed by atoms with Gasteiger partial charge < -0.3 is 9.73 Å². The van der Waals surface area contributed by atoms with Gasteiger partial charge in [-0.15, -0.1) is 0 Å². The van der Waals surface area contributed by atoms with Crippen LogP contribution in [-0.2, 0) is 6.54 Å². The molecular weight excluding hydrogens is 338 g/mol. The molecule has 0 atom stereocenters. The van der Waals surface area contributed by atoms with E-state index < -0.39 is 0 Å². The molecule has 22 heavy (non-hydrogen) atoms. The third-order valence-electron chi connectivity index (χ3n) is 3.62. The van der Waals surface area contributed by atoms with E-state index in [9.17, 15) is 0 Å². The fourth-order valence-corrected chi connectivity index (χ4v) is 2.53. The number of hydrogen-bond acceptors (Lipinski definition) is 2. The van der Waals surface area contributed by atoms with E-state index in [1.54, 1.807) is 0 Å². The molecule has 0 fully saturated rings. The van der Waals surface area contributed by atoms with Gasteiger partial charge in [-0.05, 0) is 55.8 Å². The van der Waals surface area contributed by atoms with E-state index in [2.05, 4.69) is 77.6 Å². The first-order chi connectivity index (χ1) is 10.6. The molecule has 0 saturated carbocycles. The molecule has 1 N–H and O–H groups in total. The largest absolute Gasteiger partial charge is 0.459 e. The van der Waals surface area contributed by atoms with E-state index in [0.29, 0.717) is 6.54 Å². The van der Waals surface area contributed by atoms with Gasteiger partial charge in [0.2, 0.25) is 0 Å². The highest BCUT2D eigenvalue weighted by Gasteiger charge is 2.06. The van der Waals surface area contributed by atoms with Crippen LogP contribution >= 0.6 is 15.9 Å². The Bertz CT molecular complexity index is 774. The fourth-order valence-electron chi connectivity index (χ4n) is 2.29. The molecule has 0 amide bonds. The predicted molar refractivity (Wildman–Crippen MR) is 95.1 cm³/mol. The fraction of sp³-hybridized carbons (Fsp3) is 0.158. The minimum Gasteiger partial charge on any atom is -0.459 e. The van der Waals surface area contributed by atoms with Crippen LogP contribution in [0.4, 0.5) is 5.69 Å². The molecule has 0 aliphatic rings. The lowest BCUT2D eigenvalue weighted by molar-refractivity contribution is 0.531. The van der Waals surface area contributed by atoms with Crippen LogP contribution in [-0.4, -0.2) is 0 Å². The average Bonchev–Trinajstić information content (AvgIpc) is 2.98. The normalized spacial score (nSPS) is 10.7. The van der Waals surface area contributed by atoms with Crippen molar-refractivity contribution in [2.24, 2.45) is 0 Å². The molecule has 3 rings (SSSR count). The highest BCUT2D eigenvalue weighted by molar-refractivity contribution is 9.10. The van der Waals surface area contributed by atoms with Crippen LogP contribution in [0.15, 0.2) is 63.5 Å². The lowest BCUT2D eigenvalue weighted by Crippen LogP contribution is -1.97. The van der Waals surface area contributed by atoms with Crippen molar-refractivity contribution in [1.82, 2.24) is 0 Å². The van der Waals surface area contributed by atoms with E-state index in [1.165, 1.54) is 11.1 Å². The van der Waals surface area contributed by atoms with Gasteiger partial charge in [-0.3, -0.25) is 0 Å². The number of rotatable bonds is 4. The zero-order chi connectivity index (χ0) is 15.5. The van der Waals surface area contributed by atoms with Gasteiger partial charge in [0.25, 0.3) is 0 Å². The zero-order valence-electron chi connectivity index (χ0n) is 12.7. The second-order valence-electron chi connectivity index (χ2n) is 5.45. The van der Waals surface area contributed by atoms with Gasteiger partial charge in [0.1, 0.15) is 11.5 Å². The molecule has 0 aliphatic heterocycles. The molecule has 2 nitrogen and oxygen atoms in total. The maximum Gasteiger partial charge on any atom is 0.134 e. The Balaban J connectivity index is 1.70. The van der Waals surface area contributed by atoms with Crippen LogP contribution in [0, 0.1) is 13.8 Å². The van der Waals surface area contributed by atoms with Crippen LogP contribution in [0.3, 0.4) is 0 Å². The number of anilines is 1. The quantitative estimate of drug-likeness (QED) is 0.626. The summed E-state index contributed by atoms with van der Waals surface area (Å²) < 4.78 is 7.05. The molecular formula is C19H18BrNO. The monoisotopic (exact) mass is 355 g/mol. The van der Waals surface area contributed by atoms with Crippen LogP contribution in [0.1, 0.15) is 16.9 Å². The summed E-state index contributed by atoms with van der Waals surface area (Å²) in [6.45, 7) is 4.84. The molecule has 0 saturated heterocycles. The average molecular weight is 356 g/mol. The van der Waals surface area contributed by atoms with Crippen molar-refractivity contribution in [2.75, 3.05) is 5.32 Å². The molecule has 0 bridgehead atoms. The number of benzene rings is 2. The van der Waals surface area contributed by atoms with Gasteiger partial charge in [-0.2, -0.15) is 0 Å². The smallest absolute Gasteiger partial charge is 0.134 e. The van der Waals surface area contributed by atoms with Gasteiger partial charge in [0.15, 0.2) is 0 Å². The number of furan rings is 1. The Labute approximate surface area is 139 Å². The third kappa shape index (κ3) is 3.42. The van der Waals surface area contributed by atoms with Crippen molar-refractivity contribution in [3.63, 3.8) is 0 Å². The van der Waals surface area contributed by atoms with Crippen LogP contribution < -0.4 is 5.32 Å². The van der Waals surface area contributed by atoms with Gasteiger partial charge in [-0.1, -0.05) is 39.7 Å². The lowest BCUT2D eigenvalue weighted by atomic mass is 10.1. The van der Waals surface area contributed by atoms with Crippen LogP contribution in [0.5, 0.6) is 0 Å². The summed E-state index contributed by atoms with van der Waals surface area (Å²) in [5, 5.41) is 3.37. The van der Waals surface area contributed by atoms with Crippen LogP contribution in [0.25, 0.3) is 11.3 Å². The highest BCUT2D eigenvalue weighted by Crippen LogP contribution is 2.27. The van der Waals surface area contributed by atoms with E-state index in [4.69, 9.17) is 4.42 Å². The summed E-state index contributed by atoms with van der Waals surface area (Å²) >= 11 is 3.52. The molecule has 1 heterocycles. The summed E-state index contributed by atoms with van der Waals surface area (Å²) in [6, 6.07) is 18.6. The van der Waals surface area contributed by atoms with Gasteiger partial charge in [0.05, 0.1) is 6.54 Å². The topological polar surface area (TPSA) is 25.2 Å². The minimum atomic E-state index is 0.679. The molecule has 112 valence electrons. The number of nitrogens with one attached hydrogen (secondary N) is 1. The second kappa shape index (κ2) is 6.41. The summed E-state index contributed by atoms with van der Waals surface area (Å²) in [4.78, 5) is 0. The van der Waals surface area contributed by atoms with E-state index in [-0.39, 0.29) is 0 Å². The van der Waals surface area contributed by atoms with E-state index in [0.717, 1.165) is 27.2 Å². The molecule has 1 aromatic heterocycles. The third-order valence-corrected chi connectivity index (χ3v) is 4.51. The Kier molecular flexibility index (Phi) is 4.34. The summed E-state index contributed by atoms with van der Waals surface area (Å²) in [5.74, 6) is 1.83. The predicted octanol–water partition coefficient (Wildman–Crippen LogP) is 5.94. The van der Waals surface area contributed by atoms with Gasteiger partial charge >= 0.3 is 0 Å². The Morgan fingerprint density at radius 3 is 2.45 bits per heavy atom. The summed E-state index contributed by atoms with van der Waals surface area (Å²) in [5.41, 5.74) is 4.66. The maximum absolute atomic E-state index is 5.93. The SMILES string of the molecule is Cc1ccc(NCc2ccc(-c3ccc(Br)c(C)c3)o2)cc1. The second-order valence-corrected chi connectivity index (χ2v) is 6.30. The first kappa shape index (κ1) is 14.9. The van der Waals surface area contributed by atoms with Crippen molar-refractivity contribution in [3.8, 4) is 11.3 Å². The molecule has 0 unspecified atom stereocenters. The van der Waals surface area contributed by atoms with Crippen molar-refractivity contribution in [1.29, 1.82) is 0 Å². The maximum atomic E-state index is 5.93. The molecule has 3 heteroatoms. The first-order valence-corrected chi connectivity index (χ1v) is 8.07. The van der Waals surface area contributed by atoms with Crippen molar-refractivity contribution >= 4 is 21.6 Å². The Hall–Kier alpha value is -2.00. The van der Waals surface area contributed by atoms with E-state index in [1.807, 2.05) is 12.1 Å². The summed E-state index contributed by atoms with van der Waals surface area (Å²) in [6.07, 6.45) is 0. The zero-order valence-corrected chi connectivity index (χ0v) is 14.3. The van der Waals surface area contributed by atoms with Gasteiger partial charge in [0, 0.05) is 15.7 Å². The lowest BCUT2D eigenvalue weighted by Gasteiger charge is -2.05. The highest BCUT2D eigenvalue weighted by atomic mass is 79.9. The van der Waals surface area contributed by atoms with Gasteiger partial charge in [-0.25, -0.2) is 0 Å². The van der Waals surface area contributed by atoms with Crippen molar-refractivity contribution in [2.45, 2.75) is 20.4 Å². The molecule has 0 spiro atoms. The molecule has 2 aromatic carbocycles. The molecule has 3 aromatic rings. The number of hydrogen-bond donors (Lipinski definition) is 1. The Morgan fingerprint density at radius 1 is 0.955 bits per heavy atom.